The van der Waals surface area contributed by atoms with Crippen molar-refractivity contribution in [3.63, 3.8) is 0 Å². The summed E-state index contributed by atoms with van der Waals surface area (Å²) in [5.41, 5.74) is 0. The Morgan fingerprint density at radius 3 is 2.00 bits per heavy atom. The Hall–Kier alpha value is -1.10. The molecule has 0 aliphatic rings. The lowest BCUT2D eigenvalue weighted by Crippen LogP contribution is -2.23. The van der Waals surface area contributed by atoms with Crippen LogP contribution in [-0.4, -0.2) is 50.2 Å². The summed E-state index contributed by atoms with van der Waals surface area (Å²) in [4.78, 5) is 24.4. The van der Waals surface area contributed by atoms with Gasteiger partial charge in [-0.15, -0.1) is 0 Å². The number of unbranched alkanes of at least 4 members (excludes halogenated alkanes) is 2. The third-order valence-electron chi connectivity index (χ3n) is 2.73. The molecular weight excluding hydrogens is 246 g/mol. The smallest absolute Gasteiger partial charge is 0.307 e. The molecule has 0 rings (SSSR count). The standard InChI is InChI=1S/C14H27NO4/c1-4-18-13(16)9-7-6-8-11-15(3)12-10-14(17)19-5-2/h4-12H2,1-3H3. The molecule has 0 atom stereocenters. The van der Waals surface area contributed by atoms with Crippen LogP contribution in [0.2, 0.25) is 0 Å². The van der Waals surface area contributed by atoms with Gasteiger partial charge in [0.1, 0.15) is 0 Å². The van der Waals surface area contributed by atoms with E-state index in [1.165, 1.54) is 0 Å². The zero-order valence-electron chi connectivity index (χ0n) is 12.4. The second-order valence-corrected chi connectivity index (χ2v) is 4.47. The van der Waals surface area contributed by atoms with Crippen molar-refractivity contribution in [2.45, 2.75) is 46.0 Å². The van der Waals surface area contributed by atoms with Crippen molar-refractivity contribution in [3.8, 4) is 0 Å². The summed E-state index contributed by atoms with van der Waals surface area (Å²) in [5, 5.41) is 0. The van der Waals surface area contributed by atoms with Gasteiger partial charge in [-0.2, -0.15) is 0 Å². The summed E-state index contributed by atoms with van der Waals surface area (Å²) in [6.07, 6.45) is 3.83. The fraction of sp³-hybridized carbons (Fsp3) is 0.857. The number of carbonyl (C=O) groups is 2. The van der Waals surface area contributed by atoms with E-state index in [2.05, 4.69) is 4.90 Å². The van der Waals surface area contributed by atoms with E-state index < -0.39 is 0 Å². The molecule has 0 amide bonds. The van der Waals surface area contributed by atoms with E-state index >= 15 is 0 Å². The first-order chi connectivity index (χ1) is 9.10. The molecule has 112 valence electrons. The topological polar surface area (TPSA) is 55.8 Å². The molecule has 0 aromatic carbocycles. The molecule has 0 aromatic rings. The number of hydrogen-bond acceptors (Lipinski definition) is 5. The maximum absolute atomic E-state index is 11.2. The van der Waals surface area contributed by atoms with Crippen LogP contribution in [0.5, 0.6) is 0 Å². The van der Waals surface area contributed by atoms with Crippen LogP contribution in [0.15, 0.2) is 0 Å². The van der Waals surface area contributed by atoms with Crippen molar-refractivity contribution in [1.82, 2.24) is 4.90 Å². The predicted octanol–water partition coefficient (Wildman–Crippen LogP) is 1.99. The summed E-state index contributed by atoms with van der Waals surface area (Å²) < 4.78 is 9.72. The van der Waals surface area contributed by atoms with Crippen LogP contribution in [0.1, 0.15) is 46.0 Å². The van der Waals surface area contributed by atoms with Gasteiger partial charge in [-0.1, -0.05) is 6.42 Å². The maximum Gasteiger partial charge on any atom is 0.307 e. The molecule has 0 N–H and O–H groups in total. The lowest BCUT2D eigenvalue weighted by molar-refractivity contribution is -0.144. The number of hydrogen-bond donors (Lipinski definition) is 0. The normalized spacial score (nSPS) is 10.5. The summed E-state index contributed by atoms with van der Waals surface area (Å²) >= 11 is 0. The highest BCUT2D eigenvalue weighted by atomic mass is 16.5. The zero-order valence-corrected chi connectivity index (χ0v) is 12.4. The van der Waals surface area contributed by atoms with Gasteiger partial charge in [0.2, 0.25) is 0 Å². The van der Waals surface area contributed by atoms with Crippen molar-refractivity contribution in [3.05, 3.63) is 0 Å². The summed E-state index contributed by atoms with van der Waals surface area (Å²) in [6, 6.07) is 0. The number of ether oxygens (including phenoxy) is 2. The Morgan fingerprint density at radius 1 is 0.842 bits per heavy atom. The van der Waals surface area contributed by atoms with Crippen molar-refractivity contribution >= 4 is 11.9 Å². The fourth-order valence-electron chi connectivity index (χ4n) is 1.69. The number of nitrogens with zero attached hydrogens (tertiary/aromatic N) is 1. The predicted molar refractivity (Wildman–Crippen MR) is 73.8 cm³/mol. The van der Waals surface area contributed by atoms with Gasteiger partial charge in [-0.25, -0.2) is 0 Å². The number of rotatable bonds is 11. The average Bonchev–Trinajstić information content (AvgIpc) is 2.36. The third-order valence-corrected chi connectivity index (χ3v) is 2.73. The monoisotopic (exact) mass is 273 g/mol. The van der Waals surface area contributed by atoms with E-state index in [1.54, 1.807) is 0 Å². The van der Waals surface area contributed by atoms with Gasteiger partial charge in [0.05, 0.1) is 19.6 Å². The number of carbonyl (C=O) groups excluding carboxylic acids is 2. The van der Waals surface area contributed by atoms with Crippen LogP contribution < -0.4 is 0 Å². The van der Waals surface area contributed by atoms with E-state index in [-0.39, 0.29) is 11.9 Å². The molecule has 0 bridgehead atoms. The van der Waals surface area contributed by atoms with Gasteiger partial charge in [0.25, 0.3) is 0 Å². The van der Waals surface area contributed by atoms with Gasteiger partial charge in [-0.05, 0) is 40.3 Å². The maximum atomic E-state index is 11.2. The minimum absolute atomic E-state index is 0.113. The molecule has 0 fully saturated rings. The molecule has 0 aromatic heterocycles. The SMILES string of the molecule is CCOC(=O)CCCCCN(C)CCC(=O)OCC. The molecule has 0 spiro atoms. The second kappa shape index (κ2) is 12.0. The molecule has 0 radical (unpaired) electrons. The van der Waals surface area contributed by atoms with Crippen molar-refractivity contribution in [1.29, 1.82) is 0 Å². The third kappa shape index (κ3) is 11.7. The van der Waals surface area contributed by atoms with E-state index in [0.717, 1.165) is 32.4 Å². The highest BCUT2D eigenvalue weighted by Gasteiger charge is 2.05. The fourth-order valence-corrected chi connectivity index (χ4v) is 1.69. The molecule has 0 aliphatic carbocycles. The number of esters is 2. The van der Waals surface area contributed by atoms with E-state index in [9.17, 15) is 9.59 Å². The van der Waals surface area contributed by atoms with E-state index in [1.807, 2.05) is 20.9 Å². The van der Waals surface area contributed by atoms with Crippen LogP contribution in [-0.2, 0) is 19.1 Å². The second-order valence-electron chi connectivity index (χ2n) is 4.47. The highest BCUT2D eigenvalue weighted by Crippen LogP contribution is 2.03. The van der Waals surface area contributed by atoms with Gasteiger partial charge in [0.15, 0.2) is 0 Å². The van der Waals surface area contributed by atoms with Crippen LogP contribution >= 0.6 is 0 Å². The molecule has 0 aliphatic heterocycles. The van der Waals surface area contributed by atoms with Gasteiger partial charge >= 0.3 is 11.9 Å². The van der Waals surface area contributed by atoms with Crippen LogP contribution in [0.3, 0.4) is 0 Å². The highest BCUT2D eigenvalue weighted by molar-refractivity contribution is 5.69. The Bertz CT molecular complexity index is 256. The van der Waals surface area contributed by atoms with Crippen molar-refractivity contribution in [2.75, 3.05) is 33.4 Å². The van der Waals surface area contributed by atoms with Gasteiger partial charge in [-0.3, -0.25) is 9.59 Å². The average molecular weight is 273 g/mol. The Balaban J connectivity index is 3.40. The van der Waals surface area contributed by atoms with Gasteiger partial charge in [0, 0.05) is 13.0 Å². The largest absolute Gasteiger partial charge is 0.466 e. The first kappa shape index (κ1) is 17.9. The Labute approximate surface area is 116 Å². The van der Waals surface area contributed by atoms with Crippen LogP contribution in [0, 0.1) is 0 Å². The zero-order chi connectivity index (χ0) is 14.5. The molecule has 19 heavy (non-hydrogen) atoms. The van der Waals surface area contributed by atoms with Crippen LogP contribution in [0.4, 0.5) is 0 Å². The lowest BCUT2D eigenvalue weighted by atomic mass is 10.2. The minimum atomic E-state index is -0.142. The lowest BCUT2D eigenvalue weighted by Gasteiger charge is -2.15. The Kier molecular flexibility index (Phi) is 11.3. The first-order valence-corrected chi connectivity index (χ1v) is 7.09. The van der Waals surface area contributed by atoms with Crippen molar-refractivity contribution < 1.29 is 19.1 Å². The minimum Gasteiger partial charge on any atom is -0.466 e. The van der Waals surface area contributed by atoms with E-state index in [4.69, 9.17) is 9.47 Å². The summed E-state index contributed by atoms with van der Waals surface area (Å²) in [5.74, 6) is -0.255. The summed E-state index contributed by atoms with van der Waals surface area (Å²) in [6.45, 7) is 6.17. The molecule has 0 saturated carbocycles. The first-order valence-electron chi connectivity index (χ1n) is 7.09. The molecule has 0 unspecified atom stereocenters. The quantitative estimate of drug-likeness (QED) is 0.426. The van der Waals surface area contributed by atoms with Crippen molar-refractivity contribution in [2.24, 2.45) is 0 Å². The molecule has 5 nitrogen and oxygen atoms in total. The molecule has 0 heterocycles. The molecule has 0 saturated heterocycles. The van der Waals surface area contributed by atoms with Gasteiger partial charge < -0.3 is 14.4 Å². The van der Waals surface area contributed by atoms with Crippen LogP contribution in [0.25, 0.3) is 0 Å². The molecule has 5 heteroatoms. The summed E-state index contributed by atoms with van der Waals surface area (Å²) in [7, 11) is 1.99. The molecular formula is C14H27NO4. The Morgan fingerprint density at radius 2 is 1.42 bits per heavy atom. The van der Waals surface area contributed by atoms with E-state index in [0.29, 0.717) is 26.1 Å².